The summed E-state index contributed by atoms with van der Waals surface area (Å²) in [5.41, 5.74) is 0.537. The van der Waals surface area contributed by atoms with E-state index in [0.29, 0.717) is 25.0 Å². The van der Waals surface area contributed by atoms with Gasteiger partial charge in [-0.1, -0.05) is 36.4 Å². The molecule has 1 unspecified atom stereocenters. The van der Waals surface area contributed by atoms with Gasteiger partial charge in [-0.3, -0.25) is 0 Å². The fourth-order valence-electron chi connectivity index (χ4n) is 1.85. The quantitative estimate of drug-likeness (QED) is 0.864. The van der Waals surface area contributed by atoms with Crippen molar-refractivity contribution in [1.82, 2.24) is 0 Å². The first-order valence-electron chi connectivity index (χ1n) is 6.35. The van der Waals surface area contributed by atoms with Crippen molar-refractivity contribution < 1.29 is 14.2 Å². The molecule has 0 aromatic heterocycles. The number of rotatable bonds is 6. The van der Waals surface area contributed by atoms with Gasteiger partial charge in [0.1, 0.15) is 11.6 Å². The van der Waals surface area contributed by atoms with E-state index in [9.17, 15) is 9.50 Å². The van der Waals surface area contributed by atoms with E-state index in [1.807, 2.05) is 30.3 Å². The first-order chi connectivity index (χ1) is 9.25. The minimum Gasteiger partial charge on any atom is -0.493 e. The van der Waals surface area contributed by atoms with Crippen molar-refractivity contribution in [3.63, 3.8) is 0 Å². The highest BCUT2D eigenvalue weighted by Gasteiger charge is 2.09. The van der Waals surface area contributed by atoms with Gasteiger partial charge in [0.25, 0.3) is 0 Å². The highest BCUT2D eigenvalue weighted by atomic mass is 19.1. The monoisotopic (exact) mass is 260 g/mol. The maximum Gasteiger partial charge on any atom is 0.126 e. The van der Waals surface area contributed by atoms with Crippen LogP contribution in [0.2, 0.25) is 0 Å². The van der Waals surface area contributed by atoms with Crippen molar-refractivity contribution in [2.24, 2.45) is 0 Å². The van der Waals surface area contributed by atoms with Crippen LogP contribution in [-0.2, 0) is 6.42 Å². The van der Waals surface area contributed by atoms with Crippen molar-refractivity contribution in [3.05, 3.63) is 66.0 Å². The highest BCUT2D eigenvalue weighted by molar-refractivity contribution is 5.21. The van der Waals surface area contributed by atoms with Crippen LogP contribution in [0.25, 0.3) is 0 Å². The number of ether oxygens (including phenoxy) is 1. The second-order valence-electron chi connectivity index (χ2n) is 4.40. The number of para-hydroxylation sites is 1. The molecule has 1 atom stereocenters. The summed E-state index contributed by atoms with van der Waals surface area (Å²) < 4.78 is 18.9. The minimum absolute atomic E-state index is 0.273. The van der Waals surface area contributed by atoms with E-state index in [1.165, 1.54) is 6.07 Å². The third kappa shape index (κ3) is 4.38. The molecule has 0 aliphatic rings. The van der Waals surface area contributed by atoms with Gasteiger partial charge in [0.2, 0.25) is 0 Å². The average molecular weight is 260 g/mol. The molecule has 2 aromatic rings. The Bertz CT molecular complexity index is 499. The number of benzene rings is 2. The molecule has 1 N–H and O–H groups in total. The summed E-state index contributed by atoms with van der Waals surface area (Å²) in [6, 6.07) is 15.9. The molecule has 2 aromatic carbocycles. The third-order valence-electron chi connectivity index (χ3n) is 2.88. The predicted octanol–water partition coefficient (Wildman–Crippen LogP) is 3.20. The molecule has 0 fully saturated rings. The van der Waals surface area contributed by atoms with Gasteiger partial charge in [-0.25, -0.2) is 4.39 Å². The van der Waals surface area contributed by atoms with Gasteiger partial charge in [0.15, 0.2) is 0 Å². The molecule has 0 saturated carbocycles. The van der Waals surface area contributed by atoms with Crippen LogP contribution in [0.5, 0.6) is 5.75 Å². The van der Waals surface area contributed by atoms with E-state index in [0.717, 1.165) is 5.75 Å². The molecule has 3 heteroatoms. The fraction of sp³-hybridized carbons (Fsp3) is 0.250. The second-order valence-corrected chi connectivity index (χ2v) is 4.40. The maximum absolute atomic E-state index is 13.4. The van der Waals surface area contributed by atoms with Crippen LogP contribution in [0.4, 0.5) is 4.39 Å². The van der Waals surface area contributed by atoms with Crippen LogP contribution < -0.4 is 4.74 Å². The van der Waals surface area contributed by atoms with Crippen molar-refractivity contribution in [3.8, 4) is 5.75 Å². The minimum atomic E-state index is -0.597. The normalized spacial score (nSPS) is 12.1. The molecule has 0 radical (unpaired) electrons. The van der Waals surface area contributed by atoms with E-state index in [2.05, 4.69) is 0 Å². The van der Waals surface area contributed by atoms with E-state index in [-0.39, 0.29) is 5.82 Å². The molecule has 0 bridgehead atoms. The Balaban J connectivity index is 1.76. The Morgan fingerprint density at radius 1 is 1.00 bits per heavy atom. The van der Waals surface area contributed by atoms with Crippen molar-refractivity contribution in [2.75, 3.05) is 6.61 Å². The Morgan fingerprint density at radius 2 is 1.68 bits per heavy atom. The molecule has 100 valence electrons. The maximum atomic E-state index is 13.4. The van der Waals surface area contributed by atoms with E-state index >= 15 is 0 Å². The lowest BCUT2D eigenvalue weighted by Gasteiger charge is -2.12. The van der Waals surface area contributed by atoms with Crippen LogP contribution in [0, 0.1) is 5.82 Å². The Labute approximate surface area is 112 Å². The molecular weight excluding hydrogens is 243 g/mol. The molecule has 0 amide bonds. The second kappa shape index (κ2) is 6.90. The number of hydrogen-bond acceptors (Lipinski definition) is 2. The van der Waals surface area contributed by atoms with Gasteiger partial charge in [0, 0.05) is 12.8 Å². The van der Waals surface area contributed by atoms with Crippen molar-refractivity contribution in [1.29, 1.82) is 0 Å². The molecule has 0 aliphatic heterocycles. The average Bonchev–Trinajstić information content (AvgIpc) is 2.43. The largest absolute Gasteiger partial charge is 0.493 e. The summed E-state index contributed by atoms with van der Waals surface area (Å²) >= 11 is 0. The summed E-state index contributed by atoms with van der Waals surface area (Å²) in [6.45, 7) is 0.416. The molecule has 0 saturated heterocycles. The number of aliphatic hydroxyl groups is 1. The van der Waals surface area contributed by atoms with Crippen LogP contribution in [-0.4, -0.2) is 17.8 Å². The fourth-order valence-corrected chi connectivity index (χ4v) is 1.85. The van der Waals surface area contributed by atoms with Crippen LogP contribution in [0.15, 0.2) is 54.6 Å². The van der Waals surface area contributed by atoms with Crippen LogP contribution in [0.3, 0.4) is 0 Å². The molecule has 2 nitrogen and oxygen atoms in total. The summed E-state index contributed by atoms with van der Waals surface area (Å²) in [6.07, 6.45) is 0.189. The zero-order valence-electron chi connectivity index (χ0n) is 10.6. The van der Waals surface area contributed by atoms with Crippen LogP contribution in [0.1, 0.15) is 12.0 Å². The Morgan fingerprint density at radius 3 is 2.42 bits per heavy atom. The lowest BCUT2D eigenvalue weighted by atomic mass is 10.1. The Kier molecular flexibility index (Phi) is 4.93. The lowest BCUT2D eigenvalue weighted by molar-refractivity contribution is 0.138. The number of hydrogen-bond donors (Lipinski definition) is 1. The summed E-state index contributed by atoms with van der Waals surface area (Å²) in [4.78, 5) is 0. The number of halogens is 1. The summed E-state index contributed by atoms with van der Waals surface area (Å²) in [7, 11) is 0. The molecule has 0 aliphatic carbocycles. The standard InChI is InChI=1S/C16H17FO2/c17-16-9-5-4-6-13(16)12-14(18)10-11-19-15-7-2-1-3-8-15/h1-9,14,18H,10-12H2. The SMILES string of the molecule is OC(CCOc1ccccc1)Cc1ccccc1F. The summed E-state index contributed by atoms with van der Waals surface area (Å²) in [5, 5.41) is 9.86. The van der Waals surface area contributed by atoms with E-state index in [1.54, 1.807) is 18.2 Å². The van der Waals surface area contributed by atoms with Gasteiger partial charge < -0.3 is 9.84 Å². The predicted molar refractivity (Wildman–Crippen MR) is 72.7 cm³/mol. The zero-order chi connectivity index (χ0) is 13.5. The van der Waals surface area contributed by atoms with Gasteiger partial charge in [-0.15, -0.1) is 0 Å². The third-order valence-corrected chi connectivity index (χ3v) is 2.88. The van der Waals surface area contributed by atoms with Crippen molar-refractivity contribution >= 4 is 0 Å². The lowest BCUT2D eigenvalue weighted by Crippen LogP contribution is -2.15. The van der Waals surface area contributed by atoms with Gasteiger partial charge in [-0.2, -0.15) is 0 Å². The molecule has 2 rings (SSSR count). The first kappa shape index (κ1) is 13.6. The topological polar surface area (TPSA) is 29.5 Å². The smallest absolute Gasteiger partial charge is 0.126 e. The zero-order valence-corrected chi connectivity index (χ0v) is 10.6. The Hall–Kier alpha value is -1.87. The van der Waals surface area contributed by atoms with E-state index < -0.39 is 6.10 Å². The van der Waals surface area contributed by atoms with Gasteiger partial charge in [-0.05, 0) is 23.8 Å². The molecular formula is C16H17FO2. The number of aliphatic hydroxyl groups excluding tert-OH is 1. The van der Waals surface area contributed by atoms with Gasteiger partial charge in [0.05, 0.1) is 12.7 Å². The van der Waals surface area contributed by atoms with Crippen molar-refractivity contribution in [2.45, 2.75) is 18.9 Å². The van der Waals surface area contributed by atoms with Gasteiger partial charge >= 0.3 is 0 Å². The molecule has 0 heterocycles. The van der Waals surface area contributed by atoms with E-state index in [4.69, 9.17) is 4.74 Å². The highest BCUT2D eigenvalue weighted by Crippen LogP contribution is 2.12. The molecule has 0 spiro atoms. The first-order valence-corrected chi connectivity index (χ1v) is 6.35. The molecule has 19 heavy (non-hydrogen) atoms. The van der Waals surface area contributed by atoms with Crippen LogP contribution >= 0.6 is 0 Å². The summed E-state index contributed by atoms with van der Waals surface area (Å²) in [5.74, 6) is 0.506.